The largest absolute Gasteiger partial charge is 0.431 e. The van der Waals surface area contributed by atoms with Crippen LogP contribution in [0.4, 0.5) is 0 Å². The molecular weight excluding hydrogens is 200 g/mol. The molecule has 5 heteroatoms. The highest BCUT2D eigenvalue weighted by atomic mass is 16.8. The van der Waals surface area contributed by atoms with E-state index in [1.54, 1.807) is 0 Å². The van der Waals surface area contributed by atoms with Gasteiger partial charge in [0.25, 0.3) is 0 Å². The fourth-order valence-electron chi connectivity index (χ4n) is 2.61. The molecular formula is C10H14O5. The SMILES string of the molecule is O=C1OC(O)[C@@H]2OC3(CCCCC3)O[C@H]12. The molecule has 15 heavy (non-hydrogen) atoms. The maximum atomic E-state index is 11.3. The summed E-state index contributed by atoms with van der Waals surface area (Å²) in [4.78, 5) is 11.3. The van der Waals surface area contributed by atoms with Gasteiger partial charge in [0.05, 0.1) is 0 Å². The first-order chi connectivity index (χ1) is 7.20. The lowest BCUT2D eigenvalue weighted by Gasteiger charge is -2.32. The number of aliphatic hydroxyl groups excluding tert-OH is 1. The van der Waals surface area contributed by atoms with Crippen LogP contribution in [-0.4, -0.2) is 35.4 Å². The highest BCUT2D eigenvalue weighted by Gasteiger charge is 2.58. The smallest absolute Gasteiger partial charge is 0.340 e. The molecule has 2 heterocycles. The van der Waals surface area contributed by atoms with Crippen LogP contribution < -0.4 is 0 Å². The molecule has 5 nitrogen and oxygen atoms in total. The Bertz CT molecular complexity index is 284. The van der Waals surface area contributed by atoms with Gasteiger partial charge in [0.1, 0.15) is 0 Å². The van der Waals surface area contributed by atoms with Crippen LogP contribution in [0, 0.1) is 0 Å². The molecule has 0 bridgehead atoms. The molecule has 0 amide bonds. The van der Waals surface area contributed by atoms with Crippen molar-refractivity contribution in [3.05, 3.63) is 0 Å². The first-order valence-corrected chi connectivity index (χ1v) is 5.44. The fraction of sp³-hybridized carbons (Fsp3) is 0.900. The monoisotopic (exact) mass is 214 g/mol. The predicted octanol–water partition coefficient (Wildman–Crippen LogP) is 0.306. The van der Waals surface area contributed by atoms with Crippen LogP contribution >= 0.6 is 0 Å². The Balaban J connectivity index is 1.79. The van der Waals surface area contributed by atoms with E-state index in [0.29, 0.717) is 0 Å². The number of carbonyl (C=O) groups is 1. The number of cyclic esters (lactones) is 1. The van der Waals surface area contributed by atoms with Crippen molar-refractivity contribution in [1.29, 1.82) is 0 Å². The van der Waals surface area contributed by atoms with Crippen molar-refractivity contribution in [3.63, 3.8) is 0 Å². The Morgan fingerprint density at radius 1 is 1.20 bits per heavy atom. The summed E-state index contributed by atoms with van der Waals surface area (Å²) in [6, 6.07) is 0. The summed E-state index contributed by atoms with van der Waals surface area (Å²) in [6.45, 7) is 0. The third-order valence-corrected chi connectivity index (χ3v) is 3.36. The van der Waals surface area contributed by atoms with Gasteiger partial charge in [-0.1, -0.05) is 6.42 Å². The number of ether oxygens (including phenoxy) is 3. The first-order valence-electron chi connectivity index (χ1n) is 5.44. The maximum Gasteiger partial charge on any atom is 0.340 e. The molecule has 3 rings (SSSR count). The fourth-order valence-corrected chi connectivity index (χ4v) is 2.61. The van der Waals surface area contributed by atoms with Crippen LogP contribution in [0.2, 0.25) is 0 Å². The van der Waals surface area contributed by atoms with Crippen molar-refractivity contribution in [2.45, 2.75) is 56.4 Å². The van der Waals surface area contributed by atoms with E-state index in [2.05, 4.69) is 4.74 Å². The predicted molar refractivity (Wildman–Crippen MR) is 47.7 cm³/mol. The van der Waals surface area contributed by atoms with Gasteiger partial charge < -0.3 is 19.3 Å². The van der Waals surface area contributed by atoms with Crippen LogP contribution in [0.5, 0.6) is 0 Å². The van der Waals surface area contributed by atoms with Gasteiger partial charge in [-0.3, -0.25) is 0 Å². The minimum absolute atomic E-state index is 0.505. The molecule has 2 saturated heterocycles. The maximum absolute atomic E-state index is 11.3. The second-order valence-electron chi connectivity index (χ2n) is 4.42. The minimum Gasteiger partial charge on any atom is -0.431 e. The van der Waals surface area contributed by atoms with Gasteiger partial charge in [-0.15, -0.1) is 0 Å². The summed E-state index contributed by atoms with van der Waals surface area (Å²) in [5.41, 5.74) is 0. The standard InChI is InChI=1S/C10H14O5/c11-8-6-7(9(12)13-8)15-10(14-6)4-2-1-3-5-10/h6-8,11H,1-5H2/t6-,7+,8?/m1/s1. The molecule has 1 aliphatic carbocycles. The lowest BCUT2D eigenvalue weighted by molar-refractivity contribution is -0.233. The van der Waals surface area contributed by atoms with Gasteiger partial charge in [0, 0.05) is 12.8 Å². The van der Waals surface area contributed by atoms with Gasteiger partial charge in [-0.25, -0.2) is 4.79 Å². The van der Waals surface area contributed by atoms with Gasteiger partial charge in [-0.05, 0) is 12.8 Å². The average Bonchev–Trinajstić information content (AvgIpc) is 2.69. The lowest BCUT2D eigenvalue weighted by Crippen LogP contribution is -2.36. The zero-order valence-corrected chi connectivity index (χ0v) is 8.35. The Morgan fingerprint density at radius 3 is 2.60 bits per heavy atom. The van der Waals surface area contributed by atoms with Crippen LogP contribution in [0.15, 0.2) is 0 Å². The molecule has 1 spiro atoms. The summed E-state index contributed by atoms with van der Waals surface area (Å²) in [5.74, 6) is -1.14. The van der Waals surface area contributed by atoms with Crippen LogP contribution in [0.1, 0.15) is 32.1 Å². The summed E-state index contributed by atoms with van der Waals surface area (Å²) in [7, 11) is 0. The molecule has 3 aliphatic rings. The molecule has 0 aromatic carbocycles. The summed E-state index contributed by atoms with van der Waals surface area (Å²) in [5, 5.41) is 9.44. The molecule has 84 valence electrons. The van der Waals surface area contributed by atoms with E-state index in [1.165, 1.54) is 6.42 Å². The van der Waals surface area contributed by atoms with E-state index in [-0.39, 0.29) is 0 Å². The normalized spacial score (nSPS) is 43.0. The Labute approximate surface area is 87.3 Å². The number of hydrogen-bond acceptors (Lipinski definition) is 5. The van der Waals surface area contributed by atoms with E-state index < -0.39 is 30.3 Å². The Kier molecular flexibility index (Phi) is 2.02. The van der Waals surface area contributed by atoms with E-state index >= 15 is 0 Å². The molecule has 3 atom stereocenters. The molecule has 0 aromatic rings. The third kappa shape index (κ3) is 1.38. The van der Waals surface area contributed by atoms with Crippen molar-refractivity contribution in [2.24, 2.45) is 0 Å². The van der Waals surface area contributed by atoms with Crippen molar-refractivity contribution in [2.75, 3.05) is 0 Å². The van der Waals surface area contributed by atoms with E-state index in [9.17, 15) is 9.90 Å². The molecule has 2 aliphatic heterocycles. The van der Waals surface area contributed by atoms with Gasteiger partial charge in [-0.2, -0.15) is 0 Å². The molecule has 1 N–H and O–H groups in total. The second kappa shape index (κ2) is 3.17. The highest BCUT2D eigenvalue weighted by Crippen LogP contribution is 2.43. The van der Waals surface area contributed by atoms with Crippen LogP contribution in [0.3, 0.4) is 0 Å². The van der Waals surface area contributed by atoms with Gasteiger partial charge in [0.2, 0.25) is 6.29 Å². The number of esters is 1. The van der Waals surface area contributed by atoms with Gasteiger partial charge in [0.15, 0.2) is 18.0 Å². The van der Waals surface area contributed by atoms with Crippen molar-refractivity contribution < 1.29 is 24.1 Å². The number of aliphatic hydroxyl groups is 1. The third-order valence-electron chi connectivity index (χ3n) is 3.36. The quantitative estimate of drug-likeness (QED) is 0.588. The zero-order chi connectivity index (χ0) is 10.5. The van der Waals surface area contributed by atoms with Crippen LogP contribution in [0.25, 0.3) is 0 Å². The van der Waals surface area contributed by atoms with E-state index in [0.717, 1.165) is 25.7 Å². The van der Waals surface area contributed by atoms with E-state index in [1.807, 2.05) is 0 Å². The number of carbonyl (C=O) groups excluding carboxylic acids is 1. The zero-order valence-electron chi connectivity index (χ0n) is 8.35. The summed E-state index contributed by atoms with van der Waals surface area (Å²) < 4.78 is 15.9. The lowest BCUT2D eigenvalue weighted by atomic mass is 9.94. The molecule has 0 radical (unpaired) electrons. The van der Waals surface area contributed by atoms with E-state index in [4.69, 9.17) is 9.47 Å². The second-order valence-corrected chi connectivity index (χ2v) is 4.42. The summed E-state index contributed by atoms with van der Waals surface area (Å²) in [6.07, 6.45) is 2.36. The molecule has 1 unspecified atom stereocenters. The minimum atomic E-state index is -1.16. The van der Waals surface area contributed by atoms with Crippen molar-refractivity contribution in [1.82, 2.24) is 0 Å². The molecule has 1 saturated carbocycles. The highest BCUT2D eigenvalue weighted by molar-refractivity contribution is 5.78. The molecule has 0 aromatic heterocycles. The summed E-state index contributed by atoms with van der Waals surface area (Å²) >= 11 is 0. The van der Waals surface area contributed by atoms with Crippen LogP contribution in [-0.2, 0) is 19.0 Å². The molecule has 3 fully saturated rings. The van der Waals surface area contributed by atoms with Gasteiger partial charge >= 0.3 is 5.97 Å². The first kappa shape index (κ1) is 9.57. The number of hydrogen-bond donors (Lipinski definition) is 1. The average molecular weight is 214 g/mol. The number of fused-ring (bicyclic) bond motifs is 1. The topological polar surface area (TPSA) is 65.0 Å². The Hall–Kier alpha value is -0.650. The van der Waals surface area contributed by atoms with Crippen molar-refractivity contribution in [3.8, 4) is 0 Å². The number of rotatable bonds is 0. The van der Waals surface area contributed by atoms with Crippen molar-refractivity contribution >= 4 is 5.97 Å². The Morgan fingerprint density at radius 2 is 1.93 bits per heavy atom.